The van der Waals surface area contributed by atoms with E-state index in [0.29, 0.717) is 0 Å². The zero-order valence-electron chi connectivity index (χ0n) is 10.3. The molecule has 0 spiro atoms. The Morgan fingerprint density at radius 3 is 3.05 bits per heavy atom. The van der Waals surface area contributed by atoms with Crippen molar-refractivity contribution >= 4 is 0 Å². The predicted molar refractivity (Wildman–Crippen MR) is 65.8 cm³/mol. The summed E-state index contributed by atoms with van der Waals surface area (Å²) in [7, 11) is 0. The minimum atomic E-state index is -0.793. The number of hydrogen-bond acceptors (Lipinski definition) is 6. The molecule has 1 fully saturated rings. The van der Waals surface area contributed by atoms with Crippen LogP contribution in [0.4, 0.5) is 0 Å². The fourth-order valence-electron chi connectivity index (χ4n) is 1.89. The third kappa shape index (κ3) is 3.01. The quantitative estimate of drug-likeness (QED) is 0.696. The van der Waals surface area contributed by atoms with Gasteiger partial charge in [-0.3, -0.25) is 4.57 Å². The van der Waals surface area contributed by atoms with Crippen LogP contribution in [-0.2, 0) is 4.74 Å². The van der Waals surface area contributed by atoms with Crippen LogP contribution in [0.25, 0.3) is 0 Å². The molecule has 0 bridgehead atoms. The Balaban J connectivity index is 2.13. The fourth-order valence-corrected chi connectivity index (χ4v) is 1.89. The van der Waals surface area contributed by atoms with Crippen LogP contribution < -0.4 is 10.4 Å². The van der Waals surface area contributed by atoms with Gasteiger partial charge in [0.1, 0.15) is 18.9 Å². The maximum atomic E-state index is 11.8. The predicted octanol–water partition coefficient (Wildman–Crippen LogP) is -0.551. The average molecular weight is 268 g/mol. The molecule has 1 aliphatic heterocycles. The monoisotopic (exact) mass is 268 g/mol. The number of nitrogens with zero attached hydrogens (tertiary/aromatic N) is 2. The molecule has 1 aliphatic rings. The van der Waals surface area contributed by atoms with Gasteiger partial charge in [0.05, 0.1) is 12.7 Å². The zero-order chi connectivity index (χ0) is 13.8. The van der Waals surface area contributed by atoms with E-state index in [1.807, 2.05) is 0 Å². The number of rotatable bonds is 5. The molecule has 104 valence electrons. The number of aliphatic hydroxyl groups is 2. The largest absolute Gasteiger partial charge is 0.473 e. The molecule has 7 heteroatoms. The highest BCUT2D eigenvalue weighted by molar-refractivity contribution is 5.06. The zero-order valence-corrected chi connectivity index (χ0v) is 10.3. The normalized spacial score (nSPS) is 26.3. The van der Waals surface area contributed by atoms with Crippen molar-refractivity contribution in [2.75, 3.05) is 13.2 Å². The Hall–Kier alpha value is -1.70. The van der Waals surface area contributed by atoms with Gasteiger partial charge < -0.3 is 19.7 Å². The van der Waals surface area contributed by atoms with E-state index in [4.69, 9.17) is 14.6 Å². The maximum absolute atomic E-state index is 11.8. The van der Waals surface area contributed by atoms with E-state index in [0.717, 1.165) is 0 Å². The lowest BCUT2D eigenvalue weighted by molar-refractivity contribution is -0.0459. The van der Waals surface area contributed by atoms with Crippen molar-refractivity contribution in [1.29, 1.82) is 0 Å². The molecule has 19 heavy (non-hydrogen) atoms. The summed E-state index contributed by atoms with van der Waals surface area (Å²) in [5, 5.41) is 18.6. The van der Waals surface area contributed by atoms with Gasteiger partial charge in [-0.25, -0.2) is 4.79 Å². The highest BCUT2D eigenvalue weighted by Gasteiger charge is 2.34. The number of hydrogen-bond donors (Lipinski definition) is 2. The van der Waals surface area contributed by atoms with Crippen LogP contribution >= 0.6 is 0 Å². The maximum Gasteiger partial charge on any atom is 0.352 e. The van der Waals surface area contributed by atoms with E-state index in [2.05, 4.69) is 11.6 Å². The topological polar surface area (TPSA) is 93.8 Å². The van der Waals surface area contributed by atoms with Gasteiger partial charge in [-0.2, -0.15) is 4.98 Å². The summed E-state index contributed by atoms with van der Waals surface area (Å²) in [5.74, 6) is 0.207. The highest BCUT2D eigenvalue weighted by Crippen LogP contribution is 2.27. The second kappa shape index (κ2) is 5.96. The minimum Gasteiger partial charge on any atom is -0.473 e. The first kappa shape index (κ1) is 13.7. The molecule has 3 unspecified atom stereocenters. The number of aliphatic hydroxyl groups excluding tert-OH is 2. The van der Waals surface area contributed by atoms with Gasteiger partial charge in [0.25, 0.3) is 0 Å². The van der Waals surface area contributed by atoms with E-state index >= 15 is 0 Å². The van der Waals surface area contributed by atoms with E-state index in [1.54, 1.807) is 6.08 Å². The van der Waals surface area contributed by atoms with Crippen LogP contribution in [-0.4, -0.2) is 45.2 Å². The van der Waals surface area contributed by atoms with Gasteiger partial charge in [0, 0.05) is 18.7 Å². The lowest BCUT2D eigenvalue weighted by atomic mass is 10.2. The molecule has 0 aliphatic carbocycles. The van der Waals surface area contributed by atoms with Crippen molar-refractivity contribution in [2.45, 2.75) is 24.9 Å². The van der Waals surface area contributed by atoms with Gasteiger partial charge in [-0.1, -0.05) is 12.7 Å². The summed E-state index contributed by atoms with van der Waals surface area (Å²) >= 11 is 0. The molecule has 2 rings (SSSR count). The molecule has 1 aromatic heterocycles. The smallest absolute Gasteiger partial charge is 0.352 e. The Labute approximate surface area is 109 Å². The van der Waals surface area contributed by atoms with Crippen LogP contribution in [0.15, 0.2) is 29.7 Å². The van der Waals surface area contributed by atoms with E-state index in [9.17, 15) is 9.90 Å². The first-order valence-corrected chi connectivity index (χ1v) is 5.93. The Kier molecular flexibility index (Phi) is 4.31. The summed E-state index contributed by atoms with van der Waals surface area (Å²) in [6, 6.07) is 1.53. The Morgan fingerprint density at radius 1 is 1.68 bits per heavy atom. The summed E-state index contributed by atoms with van der Waals surface area (Å²) in [6.45, 7) is 3.47. The molecule has 1 aromatic rings. The molecule has 3 atom stereocenters. The van der Waals surface area contributed by atoms with Gasteiger partial charge in [-0.05, 0) is 0 Å². The highest BCUT2D eigenvalue weighted by atomic mass is 16.5. The molecule has 2 N–H and O–H groups in total. The van der Waals surface area contributed by atoms with E-state index < -0.39 is 24.1 Å². The Bertz CT molecular complexity index is 501. The van der Waals surface area contributed by atoms with E-state index in [-0.39, 0.29) is 25.5 Å². The van der Waals surface area contributed by atoms with Crippen LogP contribution in [0.3, 0.4) is 0 Å². The van der Waals surface area contributed by atoms with Crippen LogP contribution in [0, 0.1) is 0 Å². The first-order chi connectivity index (χ1) is 9.15. The summed E-state index contributed by atoms with van der Waals surface area (Å²) < 4.78 is 11.8. The van der Waals surface area contributed by atoms with Crippen molar-refractivity contribution in [2.24, 2.45) is 0 Å². The van der Waals surface area contributed by atoms with Gasteiger partial charge in [0.15, 0.2) is 0 Å². The van der Waals surface area contributed by atoms with Gasteiger partial charge in [0.2, 0.25) is 5.88 Å². The molecule has 1 saturated heterocycles. The third-order valence-corrected chi connectivity index (χ3v) is 2.85. The van der Waals surface area contributed by atoms with Crippen molar-refractivity contribution in [1.82, 2.24) is 9.55 Å². The van der Waals surface area contributed by atoms with Crippen molar-refractivity contribution in [3.8, 4) is 5.88 Å². The molecule has 7 nitrogen and oxygen atoms in total. The van der Waals surface area contributed by atoms with Crippen LogP contribution in [0.1, 0.15) is 12.6 Å². The van der Waals surface area contributed by atoms with Crippen molar-refractivity contribution < 1.29 is 19.7 Å². The molecule has 0 saturated carbocycles. The first-order valence-electron chi connectivity index (χ1n) is 5.93. The number of ether oxygens (including phenoxy) is 2. The molecule has 0 amide bonds. The Morgan fingerprint density at radius 2 is 2.47 bits per heavy atom. The summed E-state index contributed by atoms with van der Waals surface area (Å²) in [4.78, 5) is 15.6. The minimum absolute atomic E-state index is 0.207. The second-order valence-corrected chi connectivity index (χ2v) is 4.17. The summed E-state index contributed by atoms with van der Waals surface area (Å²) in [5.41, 5.74) is -0.530. The molecule has 0 aromatic carbocycles. The fraction of sp³-hybridized carbons (Fsp3) is 0.500. The van der Waals surface area contributed by atoms with Gasteiger partial charge >= 0.3 is 5.69 Å². The van der Waals surface area contributed by atoms with Crippen molar-refractivity contribution in [3.05, 3.63) is 35.4 Å². The molecule has 0 radical (unpaired) electrons. The van der Waals surface area contributed by atoms with Gasteiger partial charge in [-0.15, -0.1) is 0 Å². The number of aromatic nitrogens is 2. The van der Waals surface area contributed by atoms with Crippen LogP contribution in [0.5, 0.6) is 5.88 Å². The second-order valence-electron chi connectivity index (χ2n) is 4.17. The summed E-state index contributed by atoms with van der Waals surface area (Å²) in [6.07, 6.45) is 1.19. The lowest BCUT2D eigenvalue weighted by Gasteiger charge is -2.14. The lowest BCUT2D eigenvalue weighted by Crippen LogP contribution is -2.27. The van der Waals surface area contributed by atoms with E-state index in [1.165, 1.54) is 16.8 Å². The standard InChI is InChI=1S/C12H16N2O5/c1-2-5-18-10-3-4-14(12(17)13-10)11-6-8(16)9(7-15)19-11/h2-4,8-9,11,15-16H,1,5-7H2. The molecule has 2 heterocycles. The van der Waals surface area contributed by atoms with Crippen LogP contribution in [0.2, 0.25) is 0 Å². The SMILES string of the molecule is C=CCOc1ccn(C2CC(O)C(CO)O2)c(=O)n1. The van der Waals surface area contributed by atoms with Crippen molar-refractivity contribution in [3.63, 3.8) is 0 Å². The average Bonchev–Trinajstić information content (AvgIpc) is 2.77. The third-order valence-electron chi connectivity index (χ3n) is 2.85. The molecular formula is C12H16N2O5. The molecular weight excluding hydrogens is 252 g/mol.